The Balaban J connectivity index is 1.39. The zero-order chi connectivity index (χ0) is 24.3. The van der Waals surface area contributed by atoms with Crippen molar-refractivity contribution < 1.29 is 27.5 Å². The number of fused-ring (bicyclic) bond motifs is 1. The van der Waals surface area contributed by atoms with E-state index in [2.05, 4.69) is 5.32 Å². The van der Waals surface area contributed by atoms with Gasteiger partial charge in [-0.3, -0.25) is 19.3 Å². The predicted octanol–water partition coefficient (Wildman–Crippen LogP) is 2.03. The Morgan fingerprint density at radius 3 is 2.35 bits per heavy atom. The van der Waals surface area contributed by atoms with Gasteiger partial charge in [-0.15, -0.1) is 0 Å². The molecule has 1 fully saturated rings. The van der Waals surface area contributed by atoms with Gasteiger partial charge in [0.15, 0.2) is 0 Å². The first kappa shape index (κ1) is 24.1. The highest BCUT2D eigenvalue weighted by Gasteiger charge is 2.35. The summed E-state index contributed by atoms with van der Waals surface area (Å²) in [6, 6.07) is 10.9. The largest absolute Gasteiger partial charge is 0.385 e. The molecule has 4 rings (SSSR count). The van der Waals surface area contributed by atoms with Crippen LogP contribution in [0.2, 0.25) is 0 Å². The number of carbonyl (C=O) groups is 3. The molecule has 0 aromatic heterocycles. The SMILES string of the molecule is COCCCN1C(=O)c2ccc(C(=O)NCc3ccc(S(=O)(=O)N4CCCC4)cc3)cc2C1=O. The normalized spacial score (nSPS) is 16.2. The van der Waals surface area contributed by atoms with Crippen molar-refractivity contribution in [3.05, 3.63) is 64.7 Å². The lowest BCUT2D eigenvalue weighted by molar-refractivity contribution is 0.0638. The van der Waals surface area contributed by atoms with Crippen molar-refractivity contribution in [2.24, 2.45) is 0 Å². The molecule has 0 atom stereocenters. The van der Waals surface area contributed by atoms with Gasteiger partial charge in [0.25, 0.3) is 17.7 Å². The van der Waals surface area contributed by atoms with Crippen LogP contribution in [0.15, 0.2) is 47.4 Å². The number of hydrogen-bond acceptors (Lipinski definition) is 6. The molecular formula is C24H27N3O6S. The molecule has 0 spiro atoms. The lowest BCUT2D eigenvalue weighted by atomic mass is 10.1. The Morgan fingerprint density at radius 1 is 1.00 bits per heavy atom. The fourth-order valence-electron chi connectivity index (χ4n) is 4.14. The third-order valence-corrected chi connectivity index (χ3v) is 7.96. The minimum Gasteiger partial charge on any atom is -0.385 e. The average Bonchev–Trinajstić information content (AvgIpc) is 3.47. The third-order valence-electron chi connectivity index (χ3n) is 6.04. The summed E-state index contributed by atoms with van der Waals surface area (Å²) in [7, 11) is -1.93. The van der Waals surface area contributed by atoms with Gasteiger partial charge in [0.1, 0.15) is 0 Å². The number of nitrogens with zero attached hydrogens (tertiary/aromatic N) is 2. The highest BCUT2D eigenvalue weighted by atomic mass is 32.2. The van der Waals surface area contributed by atoms with E-state index in [0.29, 0.717) is 26.1 Å². The number of imide groups is 1. The molecule has 2 aromatic rings. The molecule has 0 radical (unpaired) electrons. The molecule has 180 valence electrons. The number of amides is 3. The van der Waals surface area contributed by atoms with Gasteiger partial charge < -0.3 is 10.1 Å². The van der Waals surface area contributed by atoms with E-state index in [-0.39, 0.29) is 40.6 Å². The Bertz CT molecular complexity index is 1200. The van der Waals surface area contributed by atoms with E-state index in [4.69, 9.17) is 4.74 Å². The molecule has 0 aliphatic carbocycles. The molecule has 9 nitrogen and oxygen atoms in total. The first-order valence-corrected chi connectivity index (χ1v) is 12.6. The summed E-state index contributed by atoms with van der Waals surface area (Å²) in [6.07, 6.45) is 2.28. The number of methoxy groups -OCH3 is 1. The van der Waals surface area contributed by atoms with E-state index in [1.165, 1.54) is 27.4 Å². The van der Waals surface area contributed by atoms with E-state index < -0.39 is 21.8 Å². The van der Waals surface area contributed by atoms with E-state index in [1.54, 1.807) is 31.4 Å². The second kappa shape index (κ2) is 10.0. The van der Waals surface area contributed by atoms with Crippen molar-refractivity contribution in [3.8, 4) is 0 Å². The van der Waals surface area contributed by atoms with Gasteiger partial charge in [0.2, 0.25) is 10.0 Å². The predicted molar refractivity (Wildman–Crippen MR) is 124 cm³/mol. The molecule has 34 heavy (non-hydrogen) atoms. The maximum absolute atomic E-state index is 12.7. The van der Waals surface area contributed by atoms with Crippen LogP contribution in [-0.2, 0) is 21.3 Å². The number of hydrogen-bond donors (Lipinski definition) is 1. The van der Waals surface area contributed by atoms with Crippen LogP contribution in [0.25, 0.3) is 0 Å². The maximum Gasteiger partial charge on any atom is 0.261 e. The fraction of sp³-hybridized carbons (Fsp3) is 0.375. The molecule has 2 heterocycles. The van der Waals surface area contributed by atoms with Crippen LogP contribution in [0.5, 0.6) is 0 Å². The lowest BCUT2D eigenvalue weighted by Gasteiger charge is -2.15. The Morgan fingerprint density at radius 2 is 1.68 bits per heavy atom. The summed E-state index contributed by atoms with van der Waals surface area (Å²) in [4.78, 5) is 39.2. The van der Waals surface area contributed by atoms with Crippen molar-refractivity contribution in [2.45, 2.75) is 30.7 Å². The summed E-state index contributed by atoms with van der Waals surface area (Å²) in [5, 5.41) is 2.77. The standard InChI is InChI=1S/C24H27N3O6S/c1-33-14-4-13-27-23(29)20-10-7-18(15-21(20)24(27)30)22(28)25-16-17-5-8-19(9-6-17)34(31,32)26-11-2-3-12-26/h5-10,15H,2-4,11-14,16H2,1H3,(H,25,28). The maximum atomic E-state index is 12.7. The van der Waals surface area contributed by atoms with Crippen LogP contribution >= 0.6 is 0 Å². The van der Waals surface area contributed by atoms with Gasteiger partial charge in [-0.1, -0.05) is 12.1 Å². The van der Waals surface area contributed by atoms with Crippen LogP contribution in [0, 0.1) is 0 Å². The van der Waals surface area contributed by atoms with Crippen LogP contribution in [0.3, 0.4) is 0 Å². The van der Waals surface area contributed by atoms with Crippen LogP contribution in [-0.4, -0.2) is 68.7 Å². The molecule has 1 saturated heterocycles. The van der Waals surface area contributed by atoms with Gasteiger partial charge in [0, 0.05) is 45.5 Å². The van der Waals surface area contributed by atoms with Crippen molar-refractivity contribution in [1.82, 2.24) is 14.5 Å². The summed E-state index contributed by atoms with van der Waals surface area (Å²) in [5.41, 5.74) is 1.51. The fourth-order valence-corrected chi connectivity index (χ4v) is 5.66. The Hall–Kier alpha value is -3.08. The molecule has 3 amide bonds. The van der Waals surface area contributed by atoms with Gasteiger partial charge in [-0.05, 0) is 55.2 Å². The number of nitrogens with one attached hydrogen (secondary N) is 1. The Kier molecular flexibility index (Phi) is 7.11. The number of benzene rings is 2. The van der Waals surface area contributed by atoms with Crippen molar-refractivity contribution in [2.75, 3.05) is 33.4 Å². The molecule has 2 aliphatic rings. The lowest BCUT2D eigenvalue weighted by Crippen LogP contribution is -2.31. The summed E-state index contributed by atoms with van der Waals surface area (Å²) in [5.74, 6) is -1.18. The van der Waals surface area contributed by atoms with E-state index in [0.717, 1.165) is 18.4 Å². The van der Waals surface area contributed by atoms with Crippen LogP contribution < -0.4 is 5.32 Å². The quantitative estimate of drug-likeness (QED) is 0.430. The molecule has 1 N–H and O–H groups in total. The molecule has 2 aliphatic heterocycles. The summed E-state index contributed by atoms with van der Waals surface area (Å²) >= 11 is 0. The molecular weight excluding hydrogens is 458 g/mol. The average molecular weight is 486 g/mol. The van der Waals surface area contributed by atoms with Gasteiger partial charge in [-0.25, -0.2) is 8.42 Å². The molecule has 0 bridgehead atoms. The number of sulfonamides is 1. The van der Waals surface area contributed by atoms with Crippen molar-refractivity contribution >= 4 is 27.7 Å². The number of carbonyl (C=O) groups excluding carboxylic acids is 3. The monoisotopic (exact) mass is 485 g/mol. The summed E-state index contributed by atoms with van der Waals surface area (Å²) in [6.45, 7) is 1.97. The first-order chi connectivity index (χ1) is 16.3. The molecule has 0 unspecified atom stereocenters. The topological polar surface area (TPSA) is 113 Å². The molecule has 10 heteroatoms. The second-order valence-corrected chi connectivity index (χ2v) is 10.2. The molecule has 0 saturated carbocycles. The van der Waals surface area contributed by atoms with Crippen LogP contribution in [0.1, 0.15) is 55.9 Å². The van der Waals surface area contributed by atoms with Gasteiger partial charge in [-0.2, -0.15) is 4.31 Å². The summed E-state index contributed by atoms with van der Waals surface area (Å²) < 4.78 is 31.7. The zero-order valence-electron chi connectivity index (χ0n) is 19.0. The van der Waals surface area contributed by atoms with E-state index in [1.807, 2.05) is 0 Å². The van der Waals surface area contributed by atoms with Gasteiger partial charge in [0.05, 0.1) is 16.0 Å². The van der Waals surface area contributed by atoms with Gasteiger partial charge >= 0.3 is 0 Å². The second-order valence-electron chi connectivity index (χ2n) is 8.31. The van der Waals surface area contributed by atoms with E-state index >= 15 is 0 Å². The number of ether oxygens (including phenoxy) is 1. The van der Waals surface area contributed by atoms with Crippen molar-refractivity contribution in [1.29, 1.82) is 0 Å². The minimum absolute atomic E-state index is 0.190. The van der Waals surface area contributed by atoms with Crippen molar-refractivity contribution in [3.63, 3.8) is 0 Å². The smallest absolute Gasteiger partial charge is 0.261 e. The van der Waals surface area contributed by atoms with E-state index in [9.17, 15) is 22.8 Å². The molecule has 2 aromatic carbocycles. The van der Waals surface area contributed by atoms with Crippen LogP contribution in [0.4, 0.5) is 0 Å². The zero-order valence-corrected chi connectivity index (χ0v) is 19.8. The minimum atomic E-state index is -3.48. The third kappa shape index (κ3) is 4.75. The Labute approximate surface area is 198 Å². The number of rotatable bonds is 9. The first-order valence-electron chi connectivity index (χ1n) is 11.2. The highest BCUT2D eigenvalue weighted by Crippen LogP contribution is 2.25. The highest BCUT2D eigenvalue weighted by molar-refractivity contribution is 7.89.